The zero-order valence-corrected chi connectivity index (χ0v) is 22.8. The average molecular weight is 655 g/mol. The number of allylic oxidation sites excluding steroid dienone is 1. The predicted molar refractivity (Wildman–Crippen MR) is 123 cm³/mol. The standard InChI is InChI=1S/C21H19O2.C6H9O2.U/c1-22-19-12-8-17(9-13-19)21(16-6-4-3-5-7-16)18-10-14-20(23-2)15-11-18;1-4-3-6(7)5(2)8-4;/h3-15H,1-2H3;4,7H,2-3H2,1H3;/q2*-1;+2/t;4-;/m.0./s1. The first-order chi connectivity index (χ1) is 15.0. The van der Waals surface area contributed by atoms with E-state index in [4.69, 9.17) is 19.3 Å². The second kappa shape index (κ2) is 12.4. The molecule has 0 aromatic heterocycles. The van der Waals surface area contributed by atoms with Gasteiger partial charge in [-0.2, -0.15) is 0 Å². The van der Waals surface area contributed by atoms with Gasteiger partial charge in [0.05, 0.1) is 20.3 Å². The zero-order valence-electron chi connectivity index (χ0n) is 18.7. The van der Waals surface area contributed by atoms with E-state index < -0.39 is 0 Å². The van der Waals surface area contributed by atoms with Crippen molar-refractivity contribution in [1.82, 2.24) is 0 Å². The molecule has 0 fully saturated rings. The Kier molecular flexibility index (Phi) is 9.97. The monoisotopic (exact) mass is 654 g/mol. The fraction of sp³-hybridized carbons (Fsp3) is 0.185. The average Bonchev–Trinajstić information content (AvgIpc) is 3.10. The second-order valence-electron chi connectivity index (χ2n) is 7.20. The summed E-state index contributed by atoms with van der Waals surface area (Å²) in [7, 11) is 3.36. The number of aliphatic hydroxyl groups is 1. The van der Waals surface area contributed by atoms with E-state index in [1.54, 1.807) is 14.2 Å². The van der Waals surface area contributed by atoms with Crippen LogP contribution < -0.4 is 9.47 Å². The van der Waals surface area contributed by atoms with Crippen molar-refractivity contribution < 1.29 is 50.4 Å². The van der Waals surface area contributed by atoms with E-state index >= 15 is 0 Å². The molecule has 164 valence electrons. The molecule has 1 N–H and O–H groups in total. The van der Waals surface area contributed by atoms with Gasteiger partial charge in [-0.1, -0.05) is 77.2 Å². The van der Waals surface area contributed by atoms with Crippen molar-refractivity contribution in [3.05, 3.63) is 120 Å². The molecule has 4 rings (SSSR count). The zero-order chi connectivity index (χ0) is 22.2. The molecule has 0 bridgehead atoms. The topological polar surface area (TPSA) is 47.9 Å². The molecule has 1 atom stereocenters. The first-order valence-electron chi connectivity index (χ1n) is 10.1. The fourth-order valence-corrected chi connectivity index (χ4v) is 3.36. The van der Waals surface area contributed by atoms with Crippen LogP contribution in [0.1, 0.15) is 30.0 Å². The Morgan fingerprint density at radius 1 is 0.812 bits per heavy atom. The van der Waals surface area contributed by atoms with Crippen molar-refractivity contribution in [1.29, 1.82) is 0 Å². The van der Waals surface area contributed by atoms with Crippen LogP contribution in [-0.2, 0) is 4.74 Å². The van der Waals surface area contributed by atoms with Gasteiger partial charge in [0.25, 0.3) is 0 Å². The fourth-order valence-electron chi connectivity index (χ4n) is 3.36. The maximum atomic E-state index is 8.86. The molecule has 1 aliphatic rings. The number of methoxy groups -OCH3 is 2. The van der Waals surface area contributed by atoms with Gasteiger partial charge in [-0.05, 0) is 49.1 Å². The largest absolute Gasteiger partial charge is 2.00 e. The molecule has 0 aliphatic carbocycles. The van der Waals surface area contributed by atoms with E-state index in [0.29, 0.717) is 12.2 Å². The molecule has 1 aliphatic heterocycles. The molecular formula is C27H28O4U. The van der Waals surface area contributed by atoms with Crippen molar-refractivity contribution >= 4 is 0 Å². The Morgan fingerprint density at radius 3 is 1.56 bits per heavy atom. The molecule has 3 aromatic rings. The van der Waals surface area contributed by atoms with Crippen molar-refractivity contribution in [2.45, 2.75) is 19.4 Å². The summed E-state index contributed by atoms with van der Waals surface area (Å²) in [6.07, 6.45) is 0.723. The van der Waals surface area contributed by atoms with E-state index in [-0.39, 0.29) is 43.0 Å². The molecule has 0 saturated heterocycles. The molecule has 0 saturated carbocycles. The molecule has 5 heteroatoms. The molecule has 32 heavy (non-hydrogen) atoms. The van der Waals surface area contributed by atoms with Crippen molar-refractivity contribution in [3.8, 4) is 11.5 Å². The molecule has 0 amide bonds. The third-order valence-corrected chi connectivity index (χ3v) is 4.97. The summed E-state index contributed by atoms with van der Waals surface area (Å²) in [5.74, 6) is 3.62. The van der Waals surface area contributed by atoms with E-state index in [1.165, 1.54) is 11.5 Å². The number of ether oxygens (including phenoxy) is 3. The van der Waals surface area contributed by atoms with Crippen LogP contribution in [0.2, 0.25) is 0 Å². The van der Waals surface area contributed by atoms with Gasteiger partial charge in [-0.25, -0.2) is 6.92 Å². The van der Waals surface area contributed by atoms with E-state index in [1.807, 2.05) is 37.3 Å². The minimum Gasteiger partial charge on any atom is -0.593 e. The van der Waals surface area contributed by atoms with Crippen LogP contribution in [0.5, 0.6) is 11.5 Å². The number of aliphatic hydroxyl groups excluding tert-OH is 1. The summed E-state index contributed by atoms with van der Waals surface area (Å²) in [4.78, 5) is 0. The van der Waals surface area contributed by atoms with Gasteiger partial charge in [-0.3, -0.25) is 0 Å². The number of rotatable bonds is 5. The molecule has 0 radical (unpaired) electrons. The molecule has 3 aromatic carbocycles. The molecule has 0 spiro atoms. The Balaban J connectivity index is 0.000000342. The third kappa shape index (κ3) is 6.69. The summed E-state index contributed by atoms with van der Waals surface area (Å²) < 4.78 is 15.5. The first kappa shape index (κ1) is 25.7. The number of hydrogen-bond acceptors (Lipinski definition) is 4. The molecule has 0 unspecified atom stereocenters. The van der Waals surface area contributed by atoms with Gasteiger partial charge >= 0.3 is 31.1 Å². The minimum absolute atomic E-state index is 0. The minimum atomic E-state index is 0. The van der Waals surface area contributed by atoms with Crippen LogP contribution in [-0.4, -0.2) is 25.4 Å². The third-order valence-electron chi connectivity index (χ3n) is 4.97. The van der Waals surface area contributed by atoms with Crippen molar-refractivity contribution in [2.75, 3.05) is 14.2 Å². The summed E-state index contributed by atoms with van der Waals surface area (Å²) in [5, 5.41) is 8.86. The van der Waals surface area contributed by atoms with Gasteiger partial charge in [0.15, 0.2) is 0 Å². The van der Waals surface area contributed by atoms with Gasteiger partial charge in [0, 0.05) is 0 Å². The van der Waals surface area contributed by atoms with Gasteiger partial charge in [0.1, 0.15) is 11.5 Å². The Bertz CT molecular complexity index is 921. The first-order valence-corrected chi connectivity index (χ1v) is 10.1. The van der Waals surface area contributed by atoms with Crippen LogP contribution in [0.15, 0.2) is 90.4 Å². The summed E-state index contributed by atoms with van der Waals surface area (Å²) in [5.41, 5.74) is 3.49. The molecule has 4 nitrogen and oxygen atoms in total. The smallest absolute Gasteiger partial charge is 0.593 e. The van der Waals surface area contributed by atoms with Crippen LogP contribution in [0, 0.1) is 44.0 Å². The quantitative estimate of drug-likeness (QED) is 0.266. The summed E-state index contributed by atoms with van der Waals surface area (Å²) in [6, 6.07) is 26.7. The Morgan fingerprint density at radius 2 is 1.25 bits per heavy atom. The second-order valence-corrected chi connectivity index (χ2v) is 7.20. The van der Waals surface area contributed by atoms with Crippen molar-refractivity contribution in [2.24, 2.45) is 0 Å². The Labute approximate surface area is 214 Å². The normalized spacial score (nSPS) is 14.4. The molecule has 1 heterocycles. The SMILES string of the molecule is COc1ccc([C-](c2ccccc2)c2ccc(OC)cc2)cc1.[CH2-]C1=C(O)C[C@H](C)O1.[U+2]. The van der Waals surface area contributed by atoms with Crippen LogP contribution in [0.4, 0.5) is 0 Å². The van der Waals surface area contributed by atoms with Crippen LogP contribution in [0.3, 0.4) is 0 Å². The number of benzene rings is 3. The molecular weight excluding hydrogens is 626 g/mol. The summed E-state index contributed by atoms with van der Waals surface area (Å²) in [6.45, 7) is 5.37. The van der Waals surface area contributed by atoms with Gasteiger partial charge < -0.3 is 19.3 Å². The summed E-state index contributed by atoms with van der Waals surface area (Å²) >= 11 is 0. The van der Waals surface area contributed by atoms with Gasteiger partial charge in [-0.15, -0.1) is 0 Å². The predicted octanol–water partition coefficient (Wildman–Crippen LogP) is 6.12. The van der Waals surface area contributed by atoms with Gasteiger partial charge in [0.2, 0.25) is 0 Å². The van der Waals surface area contributed by atoms with E-state index in [2.05, 4.69) is 55.5 Å². The van der Waals surface area contributed by atoms with E-state index in [0.717, 1.165) is 22.6 Å². The van der Waals surface area contributed by atoms with E-state index in [9.17, 15) is 0 Å². The maximum absolute atomic E-state index is 8.86. The van der Waals surface area contributed by atoms with Crippen molar-refractivity contribution in [3.63, 3.8) is 0 Å². The van der Waals surface area contributed by atoms with Crippen LogP contribution >= 0.6 is 0 Å². The van der Waals surface area contributed by atoms with Crippen LogP contribution in [0.25, 0.3) is 0 Å². The maximum Gasteiger partial charge on any atom is 2.00 e. The Hall–Kier alpha value is -2.61. The number of hydrogen-bond donors (Lipinski definition) is 1.